The van der Waals surface area contributed by atoms with E-state index >= 15 is 0 Å². The van der Waals surface area contributed by atoms with Gasteiger partial charge in [-0.25, -0.2) is 4.98 Å². The molecular formula is C10H15BrN2S. The van der Waals surface area contributed by atoms with E-state index in [0.29, 0.717) is 6.04 Å². The zero-order chi connectivity index (χ0) is 9.97. The summed E-state index contributed by atoms with van der Waals surface area (Å²) in [5.74, 6) is 0.917. The van der Waals surface area contributed by atoms with Crippen LogP contribution in [0.2, 0.25) is 0 Å². The number of thiazole rings is 1. The standard InChI is InChI=1S/C10H15BrN2S/c1-7(10-13-6-9(11)14-10)12-5-8-3-2-4-8/h6-8,12H,2-5H2,1H3. The molecule has 1 unspecified atom stereocenters. The van der Waals surface area contributed by atoms with Crippen molar-refractivity contribution in [2.45, 2.75) is 32.2 Å². The van der Waals surface area contributed by atoms with E-state index in [-0.39, 0.29) is 0 Å². The van der Waals surface area contributed by atoms with Gasteiger partial charge in [-0.15, -0.1) is 11.3 Å². The van der Waals surface area contributed by atoms with Gasteiger partial charge in [-0.05, 0) is 48.2 Å². The Morgan fingerprint density at radius 2 is 2.50 bits per heavy atom. The molecule has 0 aliphatic heterocycles. The monoisotopic (exact) mass is 274 g/mol. The molecule has 78 valence electrons. The van der Waals surface area contributed by atoms with Gasteiger partial charge in [0.2, 0.25) is 0 Å². The molecule has 1 aromatic rings. The lowest BCUT2D eigenvalue weighted by molar-refractivity contribution is 0.292. The van der Waals surface area contributed by atoms with Crippen molar-refractivity contribution in [3.05, 3.63) is 15.0 Å². The second-order valence-electron chi connectivity index (χ2n) is 3.93. The Hall–Kier alpha value is 0.0700. The molecule has 0 amide bonds. The molecule has 1 atom stereocenters. The predicted octanol–water partition coefficient (Wildman–Crippen LogP) is 3.36. The van der Waals surface area contributed by atoms with Crippen LogP contribution in [0.1, 0.15) is 37.2 Å². The fraction of sp³-hybridized carbons (Fsp3) is 0.700. The van der Waals surface area contributed by atoms with Crippen molar-refractivity contribution in [3.8, 4) is 0 Å². The molecule has 0 bridgehead atoms. The molecule has 2 rings (SSSR count). The summed E-state index contributed by atoms with van der Waals surface area (Å²) in [6.07, 6.45) is 6.10. The van der Waals surface area contributed by atoms with Crippen LogP contribution in [-0.2, 0) is 0 Å². The van der Waals surface area contributed by atoms with Gasteiger partial charge in [-0.3, -0.25) is 0 Å². The van der Waals surface area contributed by atoms with Gasteiger partial charge in [0.15, 0.2) is 0 Å². The van der Waals surface area contributed by atoms with E-state index < -0.39 is 0 Å². The minimum Gasteiger partial charge on any atom is -0.308 e. The summed E-state index contributed by atoms with van der Waals surface area (Å²) in [6, 6.07) is 0.395. The van der Waals surface area contributed by atoms with Gasteiger partial charge in [0.25, 0.3) is 0 Å². The van der Waals surface area contributed by atoms with E-state index in [1.165, 1.54) is 24.3 Å². The highest BCUT2D eigenvalue weighted by atomic mass is 79.9. The van der Waals surface area contributed by atoms with Crippen molar-refractivity contribution >= 4 is 27.3 Å². The lowest BCUT2D eigenvalue weighted by Gasteiger charge is -2.26. The third kappa shape index (κ3) is 2.55. The summed E-state index contributed by atoms with van der Waals surface area (Å²) in [5.41, 5.74) is 0. The molecule has 0 aromatic carbocycles. The van der Waals surface area contributed by atoms with Gasteiger partial charge in [0.05, 0.1) is 16.0 Å². The molecule has 14 heavy (non-hydrogen) atoms. The summed E-state index contributed by atoms with van der Waals surface area (Å²) in [5, 5.41) is 4.72. The van der Waals surface area contributed by atoms with Crippen LogP contribution in [0, 0.1) is 5.92 Å². The summed E-state index contributed by atoms with van der Waals surface area (Å²) in [4.78, 5) is 4.35. The zero-order valence-electron chi connectivity index (χ0n) is 8.29. The molecule has 1 aliphatic rings. The van der Waals surface area contributed by atoms with Crippen LogP contribution >= 0.6 is 27.3 Å². The molecule has 1 aliphatic carbocycles. The fourth-order valence-corrected chi connectivity index (χ4v) is 2.87. The molecular weight excluding hydrogens is 260 g/mol. The van der Waals surface area contributed by atoms with E-state index in [1.54, 1.807) is 11.3 Å². The highest BCUT2D eigenvalue weighted by Crippen LogP contribution is 2.27. The number of rotatable bonds is 4. The number of halogens is 1. The van der Waals surface area contributed by atoms with Crippen LogP contribution < -0.4 is 5.32 Å². The van der Waals surface area contributed by atoms with Crippen molar-refractivity contribution in [2.75, 3.05) is 6.54 Å². The second kappa shape index (κ2) is 4.73. The Labute approximate surface area is 97.3 Å². The smallest absolute Gasteiger partial charge is 0.110 e. The minimum absolute atomic E-state index is 0.395. The Morgan fingerprint density at radius 3 is 3.00 bits per heavy atom. The Kier molecular flexibility index (Phi) is 3.57. The van der Waals surface area contributed by atoms with Crippen molar-refractivity contribution in [2.24, 2.45) is 5.92 Å². The molecule has 1 aromatic heterocycles. The van der Waals surface area contributed by atoms with Crippen molar-refractivity contribution < 1.29 is 0 Å². The maximum absolute atomic E-state index is 4.35. The lowest BCUT2D eigenvalue weighted by Crippen LogP contribution is -2.29. The van der Waals surface area contributed by atoms with Crippen LogP contribution in [0.3, 0.4) is 0 Å². The van der Waals surface area contributed by atoms with Crippen LogP contribution in [0.5, 0.6) is 0 Å². The fourth-order valence-electron chi connectivity index (χ4n) is 1.59. The van der Waals surface area contributed by atoms with E-state index in [2.05, 4.69) is 33.2 Å². The molecule has 0 saturated heterocycles. The number of aromatic nitrogens is 1. The van der Waals surface area contributed by atoms with Crippen LogP contribution in [0.15, 0.2) is 9.98 Å². The summed E-state index contributed by atoms with van der Waals surface area (Å²) < 4.78 is 1.12. The maximum Gasteiger partial charge on any atom is 0.110 e. The van der Waals surface area contributed by atoms with E-state index in [0.717, 1.165) is 16.2 Å². The third-order valence-corrected chi connectivity index (χ3v) is 4.46. The van der Waals surface area contributed by atoms with Crippen LogP contribution in [0.4, 0.5) is 0 Å². The lowest BCUT2D eigenvalue weighted by atomic mass is 9.85. The predicted molar refractivity (Wildman–Crippen MR) is 63.6 cm³/mol. The largest absolute Gasteiger partial charge is 0.308 e. The molecule has 1 fully saturated rings. The van der Waals surface area contributed by atoms with Crippen molar-refractivity contribution in [1.82, 2.24) is 10.3 Å². The summed E-state index contributed by atoms with van der Waals surface area (Å²) >= 11 is 5.15. The molecule has 1 saturated carbocycles. The normalized spacial score (nSPS) is 19.3. The van der Waals surface area contributed by atoms with Crippen LogP contribution in [0.25, 0.3) is 0 Å². The average molecular weight is 275 g/mol. The second-order valence-corrected chi connectivity index (χ2v) is 6.37. The maximum atomic E-state index is 4.35. The van der Waals surface area contributed by atoms with Gasteiger partial charge >= 0.3 is 0 Å². The third-order valence-electron chi connectivity index (χ3n) is 2.80. The quantitative estimate of drug-likeness (QED) is 0.911. The van der Waals surface area contributed by atoms with Crippen LogP contribution in [-0.4, -0.2) is 11.5 Å². The Balaban J connectivity index is 1.79. The first-order valence-corrected chi connectivity index (χ1v) is 6.71. The topological polar surface area (TPSA) is 24.9 Å². The summed E-state index contributed by atoms with van der Waals surface area (Å²) in [6.45, 7) is 3.34. The van der Waals surface area contributed by atoms with E-state index in [1.807, 2.05) is 6.20 Å². The Bertz CT molecular complexity index is 296. The van der Waals surface area contributed by atoms with E-state index in [9.17, 15) is 0 Å². The number of nitrogens with one attached hydrogen (secondary N) is 1. The molecule has 1 heterocycles. The molecule has 0 radical (unpaired) electrons. The van der Waals surface area contributed by atoms with E-state index in [4.69, 9.17) is 0 Å². The minimum atomic E-state index is 0.395. The van der Waals surface area contributed by atoms with Gasteiger partial charge in [-0.1, -0.05) is 6.42 Å². The molecule has 4 heteroatoms. The number of nitrogens with zero attached hydrogens (tertiary/aromatic N) is 1. The first-order chi connectivity index (χ1) is 6.75. The highest BCUT2D eigenvalue weighted by molar-refractivity contribution is 9.11. The highest BCUT2D eigenvalue weighted by Gasteiger charge is 2.18. The first-order valence-electron chi connectivity index (χ1n) is 5.10. The SMILES string of the molecule is CC(NCC1CCC1)c1ncc(Br)s1. The number of hydrogen-bond donors (Lipinski definition) is 1. The molecule has 2 nitrogen and oxygen atoms in total. The van der Waals surface area contributed by atoms with Gasteiger partial charge in [-0.2, -0.15) is 0 Å². The molecule has 0 spiro atoms. The van der Waals surface area contributed by atoms with Gasteiger partial charge in [0, 0.05) is 0 Å². The average Bonchev–Trinajstić information content (AvgIpc) is 2.49. The van der Waals surface area contributed by atoms with Gasteiger partial charge < -0.3 is 5.32 Å². The van der Waals surface area contributed by atoms with Gasteiger partial charge in [0.1, 0.15) is 5.01 Å². The Morgan fingerprint density at radius 1 is 1.71 bits per heavy atom. The summed E-state index contributed by atoms with van der Waals surface area (Å²) in [7, 11) is 0. The molecule has 1 N–H and O–H groups in total. The first kappa shape index (κ1) is 10.6. The van der Waals surface area contributed by atoms with Crippen molar-refractivity contribution in [1.29, 1.82) is 0 Å². The zero-order valence-corrected chi connectivity index (χ0v) is 10.7. The van der Waals surface area contributed by atoms with Crippen molar-refractivity contribution in [3.63, 3.8) is 0 Å². The number of hydrogen-bond acceptors (Lipinski definition) is 3.